The summed E-state index contributed by atoms with van der Waals surface area (Å²) >= 11 is 8.30. The number of amides is 1. The molecule has 2 aliphatic heterocycles. The van der Waals surface area contributed by atoms with Crippen LogP contribution in [0, 0.1) is 0 Å². The van der Waals surface area contributed by atoms with E-state index in [4.69, 9.17) is 12.2 Å². The number of hydrogen-bond donors (Lipinski definition) is 0. The zero-order chi connectivity index (χ0) is 16.8. The first-order valence-corrected chi connectivity index (χ1v) is 9.45. The fraction of sp³-hybridized carbons (Fsp3) is 0.111. The van der Waals surface area contributed by atoms with Gasteiger partial charge in [0.15, 0.2) is 0 Å². The Kier molecular flexibility index (Phi) is 3.90. The predicted molar refractivity (Wildman–Crippen MR) is 106 cm³/mol. The lowest BCUT2D eigenvalue weighted by molar-refractivity contribution is -0.121. The molecule has 6 heteroatoms. The second-order valence-corrected chi connectivity index (χ2v) is 8.36. The largest absolute Gasteiger partial charge is 0.343 e. The van der Waals surface area contributed by atoms with Crippen LogP contribution in [0.1, 0.15) is 5.56 Å². The Morgan fingerprint density at radius 2 is 1.71 bits per heavy atom. The Labute approximate surface area is 154 Å². The van der Waals surface area contributed by atoms with Crippen LogP contribution in [0.3, 0.4) is 0 Å². The molecule has 2 heterocycles. The van der Waals surface area contributed by atoms with Gasteiger partial charge in [0, 0.05) is 23.9 Å². The smallest absolute Gasteiger partial charge is 0.265 e. The van der Waals surface area contributed by atoms with Crippen LogP contribution < -0.4 is 4.90 Å². The third-order valence-corrected chi connectivity index (χ3v) is 6.67. The van der Waals surface area contributed by atoms with Crippen molar-refractivity contribution in [1.82, 2.24) is 4.90 Å². The van der Waals surface area contributed by atoms with Gasteiger partial charge in [-0.3, -0.25) is 9.69 Å². The van der Waals surface area contributed by atoms with E-state index in [0.29, 0.717) is 9.23 Å². The summed E-state index contributed by atoms with van der Waals surface area (Å²) in [5.74, 6) is -0.0298. The Bertz CT molecular complexity index is 907. The molecule has 0 aromatic heterocycles. The molecule has 0 aliphatic carbocycles. The molecule has 24 heavy (non-hydrogen) atoms. The van der Waals surface area contributed by atoms with Gasteiger partial charge in [-0.15, -0.1) is 0 Å². The summed E-state index contributed by atoms with van der Waals surface area (Å²) in [6.07, 6.45) is 1.92. The standard InChI is InChI=1S/C18H14N2OS3/c1-19-12-5-3-4-6-14(12)23-15-9-11(7-8-13(15)19)10-16-17(21)20(2)18(22)24-16/h3-10H,1-2H3/b16-10+. The number of carbonyl (C=O) groups excluding carboxylic acids is 1. The number of thiocarbonyl (C=S) groups is 1. The van der Waals surface area contributed by atoms with Crippen LogP contribution in [0.4, 0.5) is 11.4 Å². The molecule has 1 saturated heterocycles. The molecule has 0 radical (unpaired) electrons. The van der Waals surface area contributed by atoms with Crippen molar-refractivity contribution in [2.75, 3.05) is 19.0 Å². The van der Waals surface area contributed by atoms with Gasteiger partial charge in [0.05, 0.1) is 16.3 Å². The van der Waals surface area contributed by atoms with E-state index in [-0.39, 0.29) is 5.91 Å². The van der Waals surface area contributed by atoms with Crippen LogP contribution in [0.2, 0.25) is 0 Å². The molecule has 0 N–H and O–H groups in total. The number of hydrogen-bond acceptors (Lipinski definition) is 5. The molecule has 0 atom stereocenters. The van der Waals surface area contributed by atoms with Crippen molar-refractivity contribution in [2.24, 2.45) is 0 Å². The van der Waals surface area contributed by atoms with E-state index in [1.165, 1.54) is 37.8 Å². The van der Waals surface area contributed by atoms with Crippen molar-refractivity contribution in [3.8, 4) is 0 Å². The van der Waals surface area contributed by atoms with Crippen molar-refractivity contribution >= 4 is 63.4 Å². The number of nitrogens with zero attached hydrogens (tertiary/aromatic N) is 2. The number of fused-ring (bicyclic) bond motifs is 2. The van der Waals surface area contributed by atoms with Crippen LogP contribution in [-0.4, -0.2) is 29.2 Å². The topological polar surface area (TPSA) is 23.6 Å². The van der Waals surface area contributed by atoms with Crippen LogP contribution in [0.15, 0.2) is 57.2 Å². The predicted octanol–water partition coefficient (Wildman–Crippen LogP) is 4.75. The number of rotatable bonds is 1. The minimum absolute atomic E-state index is 0.0298. The summed E-state index contributed by atoms with van der Waals surface area (Å²) in [5, 5.41) is 0. The first-order valence-electron chi connectivity index (χ1n) is 7.41. The summed E-state index contributed by atoms with van der Waals surface area (Å²) in [5.41, 5.74) is 3.41. The number of carbonyl (C=O) groups is 1. The van der Waals surface area contributed by atoms with E-state index >= 15 is 0 Å². The Morgan fingerprint density at radius 1 is 0.958 bits per heavy atom. The quantitative estimate of drug-likeness (QED) is 0.532. The van der Waals surface area contributed by atoms with Crippen LogP contribution >= 0.6 is 35.7 Å². The summed E-state index contributed by atoms with van der Waals surface area (Å²) in [6, 6.07) is 14.7. The maximum absolute atomic E-state index is 12.2. The van der Waals surface area contributed by atoms with E-state index in [9.17, 15) is 4.79 Å². The molecule has 2 aromatic carbocycles. The van der Waals surface area contributed by atoms with Gasteiger partial charge in [0.1, 0.15) is 4.32 Å². The number of anilines is 2. The monoisotopic (exact) mass is 370 g/mol. The summed E-state index contributed by atoms with van der Waals surface area (Å²) in [4.78, 5) is 19.0. The van der Waals surface area contributed by atoms with Crippen LogP contribution in [0.5, 0.6) is 0 Å². The second-order valence-electron chi connectivity index (χ2n) is 5.60. The highest BCUT2D eigenvalue weighted by molar-refractivity contribution is 8.26. The van der Waals surface area contributed by atoms with Gasteiger partial charge < -0.3 is 4.90 Å². The maximum atomic E-state index is 12.2. The van der Waals surface area contributed by atoms with Gasteiger partial charge in [0.25, 0.3) is 5.91 Å². The highest BCUT2D eigenvalue weighted by Crippen LogP contribution is 2.47. The van der Waals surface area contributed by atoms with Gasteiger partial charge in [-0.1, -0.05) is 53.9 Å². The lowest BCUT2D eigenvalue weighted by Crippen LogP contribution is -2.22. The van der Waals surface area contributed by atoms with E-state index < -0.39 is 0 Å². The van der Waals surface area contributed by atoms with Crippen molar-refractivity contribution in [3.63, 3.8) is 0 Å². The molecule has 1 amide bonds. The normalized spacial score (nSPS) is 18.2. The van der Waals surface area contributed by atoms with Gasteiger partial charge >= 0.3 is 0 Å². The highest BCUT2D eigenvalue weighted by atomic mass is 32.2. The van der Waals surface area contributed by atoms with Crippen LogP contribution in [-0.2, 0) is 4.79 Å². The fourth-order valence-electron chi connectivity index (χ4n) is 2.75. The minimum atomic E-state index is -0.0298. The van der Waals surface area contributed by atoms with Crippen molar-refractivity contribution in [2.45, 2.75) is 9.79 Å². The van der Waals surface area contributed by atoms with Gasteiger partial charge in [-0.25, -0.2) is 0 Å². The zero-order valence-electron chi connectivity index (χ0n) is 13.1. The number of para-hydroxylation sites is 1. The van der Waals surface area contributed by atoms with E-state index in [1.807, 2.05) is 12.1 Å². The van der Waals surface area contributed by atoms with E-state index in [1.54, 1.807) is 18.8 Å². The number of benzene rings is 2. The fourth-order valence-corrected chi connectivity index (χ4v) is 5.12. The molecule has 2 aliphatic rings. The Balaban J connectivity index is 1.71. The molecule has 0 unspecified atom stereocenters. The molecule has 4 rings (SSSR count). The van der Waals surface area contributed by atoms with E-state index in [2.05, 4.69) is 48.3 Å². The molecule has 120 valence electrons. The average molecular weight is 371 g/mol. The number of likely N-dealkylation sites (N-methyl/N-ethyl adjacent to an activating group) is 1. The zero-order valence-corrected chi connectivity index (χ0v) is 15.6. The van der Waals surface area contributed by atoms with Crippen molar-refractivity contribution in [3.05, 3.63) is 52.9 Å². The van der Waals surface area contributed by atoms with Crippen molar-refractivity contribution < 1.29 is 4.79 Å². The number of thioether (sulfide) groups is 1. The summed E-state index contributed by atoms with van der Waals surface area (Å²) in [6.45, 7) is 0. The van der Waals surface area contributed by atoms with Gasteiger partial charge in [-0.05, 0) is 35.9 Å². The molecule has 0 bridgehead atoms. The lowest BCUT2D eigenvalue weighted by atomic mass is 10.1. The molecule has 2 aromatic rings. The molecular formula is C18H14N2OS3. The first-order chi connectivity index (χ1) is 11.5. The van der Waals surface area contributed by atoms with Crippen LogP contribution in [0.25, 0.3) is 6.08 Å². The van der Waals surface area contributed by atoms with Crippen molar-refractivity contribution in [1.29, 1.82) is 0 Å². The lowest BCUT2D eigenvalue weighted by Gasteiger charge is -2.29. The molecule has 1 fully saturated rings. The minimum Gasteiger partial charge on any atom is -0.343 e. The van der Waals surface area contributed by atoms with Gasteiger partial charge in [0.2, 0.25) is 0 Å². The second kappa shape index (κ2) is 5.95. The molecular weight excluding hydrogens is 356 g/mol. The molecule has 3 nitrogen and oxygen atoms in total. The maximum Gasteiger partial charge on any atom is 0.265 e. The summed E-state index contributed by atoms with van der Waals surface area (Å²) < 4.78 is 0.604. The molecule has 0 saturated carbocycles. The highest BCUT2D eigenvalue weighted by Gasteiger charge is 2.29. The Morgan fingerprint density at radius 3 is 2.46 bits per heavy atom. The summed E-state index contributed by atoms with van der Waals surface area (Å²) in [7, 11) is 3.80. The first kappa shape index (κ1) is 15.7. The average Bonchev–Trinajstić information content (AvgIpc) is 2.82. The van der Waals surface area contributed by atoms with E-state index in [0.717, 1.165) is 5.56 Å². The van der Waals surface area contributed by atoms with Gasteiger partial charge in [-0.2, -0.15) is 0 Å². The Hall–Kier alpha value is -1.76. The third-order valence-electron chi connectivity index (χ3n) is 4.08. The third kappa shape index (κ3) is 2.55. The molecule has 0 spiro atoms. The SMILES string of the molecule is CN1C(=O)/C(=C\c2ccc3c(c2)Sc2ccccc2N3C)SC1=S.